The molecule has 1 saturated carbocycles. The van der Waals surface area contributed by atoms with Crippen LogP contribution in [0, 0.1) is 18.7 Å². The molecule has 8 nitrogen and oxygen atoms in total. The van der Waals surface area contributed by atoms with Crippen LogP contribution in [-0.4, -0.2) is 36.0 Å². The van der Waals surface area contributed by atoms with Gasteiger partial charge in [0.1, 0.15) is 11.5 Å². The zero-order valence-electron chi connectivity index (χ0n) is 20.4. The number of H-pyrrole nitrogens is 2. The molecule has 1 aliphatic rings. The van der Waals surface area contributed by atoms with E-state index in [1.165, 1.54) is 12.1 Å². The first kappa shape index (κ1) is 22.3. The van der Waals surface area contributed by atoms with Gasteiger partial charge in [-0.05, 0) is 67.8 Å². The standard InChI is InChI=1S/C29H22FN7O/c1-15-6-17(8-19(30)7-15)27-21-11-25(35-23(21)4-5-32-27)28-22-10-24(33-14-26(22)36-37-28)18-9-20(13-31-12-18)34-29(38)16-2-3-16/h4-14,16,35H,2-3H2,1H3,(H,34,38)(H,36,37). The maximum atomic E-state index is 14.1. The number of aromatic nitrogens is 6. The quantitative estimate of drug-likeness (QED) is 0.266. The molecule has 1 fully saturated rings. The largest absolute Gasteiger partial charge is 0.353 e. The molecule has 3 N–H and O–H groups in total. The van der Waals surface area contributed by atoms with Crippen LogP contribution >= 0.6 is 0 Å². The number of aromatic amines is 2. The number of nitrogens with zero attached hydrogens (tertiary/aromatic N) is 4. The Bertz CT molecular complexity index is 1850. The van der Waals surface area contributed by atoms with E-state index in [1.807, 2.05) is 37.3 Å². The number of pyridine rings is 3. The van der Waals surface area contributed by atoms with E-state index < -0.39 is 0 Å². The van der Waals surface area contributed by atoms with Gasteiger partial charge in [-0.3, -0.25) is 24.8 Å². The van der Waals surface area contributed by atoms with Crippen molar-refractivity contribution in [3.63, 3.8) is 0 Å². The SMILES string of the molecule is Cc1cc(F)cc(-c2nccc3[nH]c(-c4n[nH]c5cnc(-c6cncc(NC(=O)C7CC7)c6)cc45)cc23)c1. The summed E-state index contributed by atoms with van der Waals surface area (Å²) in [6, 6.07) is 12.6. The van der Waals surface area contributed by atoms with Crippen LogP contribution in [0.5, 0.6) is 0 Å². The summed E-state index contributed by atoms with van der Waals surface area (Å²) in [5, 5.41) is 12.3. The molecule has 5 aromatic heterocycles. The van der Waals surface area contributed by atoms with Crippen molar-refractivity contribution in [2.75, 3.05) is 5.32 Å². The maximum absolute atomic E-state index is 14.1. The van der Waals surface area contributed by atoms with Gasteiger partial charge in [0.25, 0.3) is 0 Å². The molecule has 7 rings (SSSR count). The molecule has 6 aromatic rings. The minimum Gasteiger partial charge on any atom is -0.353 e. The molecule has 1 amide bonds. The van der Waals surface area contributed by atoms with Gasteiger partial charge in [-0.2, -0.15) is 5.10 Å². The third kappa shape index (κ3) is 3.98. The fourth-order valence-corrected chi connectivity index (χ4v) is 4.80. The molecular weight excluding hydrogens is 481 g/mol. The van der Waals surface area contributed by atoms with Crippen molar-refractivity contribution < 1.29 is 9.18 Å². The molecule has 9 heteroatoms. The van der Waals surface area contributed by atoms with Crippen molar-refractivity contribution in [3.05, 3.63) is 78.6 Å². The first-order valence-corrected chi connectivity index (χ1v) is 12.4. The molecule has 1 aromatic carbocycles. The summed E-state index contributed by atoms with van der Waals surface area (Å²) in [5.74, 6) is -0.150. The summed E-state index contributed by atoms with van der Waals surface area (Å²) in [6.45, 7) is 1.86. The minimum atomic E-state index is -0.293. The van der Waals surface area contributed by atoms with Crippen molar-refractivity contribution in [2.24, 2.45) is 5.92 Å². The van der Waals surface area contributed by atoms with Crippen molar-refractivity contribution >= 4 is 33.4 Å². The molecule has 0 saturated heterocycles. The molecule has 0 bridgehead atoms. The smallest absolute Gasteiger partial charge is 0.227 e. The fourth-order valence-electron chi connectivity index (χ4n) is 4.80. The van der Waals surface area contributed by atoms with Crippen molar-refractivity contribution in [3.8, 4) is 33.9 Å². The van der Waals surface area contributed by atoms with E-state index in [0.29, 0.717) is 17.1 Å². The Labute approximate surface area is 216 Å². The van der Waals surface area contributed by atoms with Gasteiger partial charge in [0.2, 0.25) is 5.91 Å². The molecular formula is C29H22FN7O. The van der Waals surface area contributed by atoms with Gasteiger partial charge in [-0.15, -0.1) is 0 Å². The average Bonchev–Trinajstić information content (AvgIpc) is 3.54. The van der Waals surface area contributed by atoms with Crippen LogP contribution in [0.1, 0.15) is 18.4 Å². The summed E-state index contributed by atoms with van der Waals surface area (Å²) in [6.07, 6.45) is 8.69. The lowest BCUT2D eigenvalue weighted by atomic mass is 10.0. The van der Waals surface area contributed by atoms with E-state index in [-0.39, 0.29) is 17.6 Å². The van der Waals surface area contributed by atoms with E-state index in [1.54, 1.807) is 24.8 Å². The fraction of sp³-hybridized carbons (Fsp3) is 0.138. The van der Waals surface area contributed by atoms with Crippen LogP contribution < -0.4 is 5.32 Å². The molecule has 0 unspecified atom stereocenters. The highest BCUT2D eigenvalue weighted by molar-refractivity contribution is 6.00. The van der Waals surface area contributed by atoms with Crippen molar-refractivity contribution in [1.82, 2.24) is 30.1 Å². The van der Waals surface area contributed by atoms with Crippen LogP contribution in [0.15, 0.2) is 67.3 Å². The number of amides is 1. The second-order valence-corrected chi connectivity index (χ2v) is 9.73. The Kier molecular flexibility index (Phi) is 5.04. The number of anilines is 1. The summed E-state index contributed by atoms with van der Waals surface area (Å²) >= 11 is 0. The second-order valence-electron chi connectivity index (χ2n) is 9.73. The first-order valence-electron chi connectivity index (χ1n) is 12.4. The third-order valence-electron chi connectivity index (χ3n) is 6.82. The van der Waals surface area contributed by atoms with Gasteiger partial charge in [-0.1, -0.05) is 0 Å². The van der Waals surface area contributed by atoms with Crippen molar-refractivity contribution in [2.45, 2.75) is 19.8 Å². The number of rotatable bonds is 5. The van der Waals surface area contributed by atoms with E-state index in [2.05, 4.69) is 35.5 Å². The summed E-state index contributed by atoms with van der Waals surface area (Å²) in [5.41, 5.74) is 7.59. The van der Waals surface area contributed by atoms with Crippen LogP contribution in [0.4, 0.5) is 10.1 Å². The maximum Gasteiger partial charge on any atom is 0.227 e. The topological polar surface area (TPSA) is 112 Å². The van der Waals surface area contributed by atoms with Gasteiger partial charge in [-0.25, -0.2) is 4.39 Å². The molecule has 186 valence electrons. The number of halogens is 1. The summed E-state index contributed by atoms with van der Waals surface area (Å²) in [4.78, 5) is 29.1. The van der Waals surface area contributed by atoms with E-state index in [0.717, 1.165) is 62.7 Å². The van der Waals surface area contributed by atoms with Gasteiger partial charge < -0.3 is 10.3 Å². The Balaban J connectivity index is 1.29. The highest BCUT2D eigenvalue weighted by atomic mass is 19.1. The van der Waals surface area contributed by atoms with Gasteiger partial charge >= 0.3 is 0 Å². The molecule has 5 heterocycles. The van der Waals surface area contributed by atoms with Crippen LogP contribution in [0.3, 0.4) is 0 Å². The Morgan fingerprint density at radius 3 is 2.66 bits per heavy atom. The molecule has 0 spiro atoms. The number of benzene rings is 1. The second kappa shape index (κ2) is 8.58. The predicted molar refractivity (Wildman–Crippen MR) is 144 cm³/mol. The normalized spacial score (nSPS) is 13.3. The number of carbonyl (C=O) groups is 1. The summed E-state index contributed by atoms with van der Waals surface area (Å²) in [7, 11) is 0. The molecule has 38 heavy (non-hydrogen) atoms. The number of nitrogens with one attached hydrogen (secondary N) is 3. The molecule has 0 aliphatic heterocycles. The average molecular weight is 504 g/mol. The van der Waals surface area contributed by atoms with Gasteiger partial charge in [0.05, 0.1) is 40.7 Å². The lowest BCUT2D eigenvalue weighted by Crippen LogP contribution is -2.13. The number of carbonyl (C=O) groups excluding carboxylic acids is 1. The predicted octanol–water partition coefficient (Wildman–Crippen LogP) is 6.03. The van der Waals surface area contributed by atoms with Crippen LogP contribution in [-0.2, 0) is 4.79 Å². The van der Waals surface area contributed by atoms with Gasteiger partial charge in [0.15, 0.2) is 0 Å². The monoisotopic (exact) mass is 503 g/mol. The minimum absolute atomic E-state index is 0.0329. The van der Waals surface area contributed by atoms with Crippen LogP contribution in [0.25, 0.3) is 55.7 Å². The Hall–Kier alpha value is -4.92. The van der Waals surface area contributed by atoms with Gasteiger partial charge in [0, 0.05) is 45.7 Å². The zero-order valence-corrected chi connectivity index (χ0v) is 20.4. The Morgan fingerprint density at radius 2 is 1.82 bits per heavy atom. The van der Waals surface area contributed by atoms with Crippen LogP contribution in [0.2, 0.25) is 0 Å². The highest BCUT2D eigenvalue weighted by Gasteiger charge is 2.29. The van der Waals surface area contributed by atoms with E-state index >= 15 is 0 Å². The lowest BCUT2D eigenvalue weighted by molar-refractivity contribution is -0.117. The summed E-state index contributed by atoms with van der Waals surface area (Å²) < 4.78 is 14.1. The molecule has 0 atom stereocenters. The zero-order chi connectivity index (χ0) is 25.8. The number of hydrogen-bond donors (Lipinski definition) is 3. The first-order chi connectivity index (χ1) is 18.5. The van der Waals surface area contributed by atoms with Crippen molar-refractivity contribution in [1.29, 1.82) is 0 Å². The molecule has 0 radical (unpaired) electrons. The molecule has 1 aliphatic carbocycles. The number of hydrogen-bond acceptors (Lipinski definition) is 5. The number of aryl methyl sites for hydroxylation is 1. The number of fused-ring (bicyclic) bond motifs is 2. The van der Waals surface area contributed by atoms with E-state index in [4.69, 9.17) is 0 Å². The Morgan fingerprint density at radius 1 is 0.947 bits per heavy atom. The third-order valence-corrected chi connectivity index (χ3v) is 6.82. The highest BCUT2D eigenvalue weighted by Crippen LogP contribution is 2.35. The lowest BCUT2D eigenvalue weighted by Gasteiger charge is -2.06. The van der Waals surface area contributed by atoms with E-state index in [9.17, 15) is 9.18 Å².